The van der Waals surface area contributed by atoms with Gasteiger partial charge in [0.1, 0.15) is 5.15 Å². The zero-order valence-corrected chi connectivity index (χ0v) is 6.10. The third-order valence-electron chi connectivity index (χ3n) is 1.21. The van der Waals surface area contributed by atoms with Gasteiger partial charge in [0.05, 0.1) is 11.9 Å². The first-order chi connectivity index (χ1) is 4.74. The summed E-state index contributed by atoms with van der Waals surface area (Å²) in [6, 6.07) is 1.66. The maximum atomic E-state index is 5.57. The average molecular weight is 158 g/mol. The molecule has 0 saturated heterocycles. The maximum Gasteiger partial charge on any atom is 0.129 e. The van der Waals surface area contributed by atoms with E-state index >= 15 is 0 Å². The van der Waals surface area contributed by atoms with Gasteiger partial charge < -0.3 is 11.5 Å². The molecule has 0 bridgehead atoms. The van der Waals surface area contributed by atoms with E-state index in [1.807, 2.05) is 0 Å². The van der Waals surface area contributed by atoms with Gasteiger partial charge in [0.15, 0.2) is 0 Å². The molecule has 1 aromatic rings. The molecule has 0 aliphatic heterocycles. The van der Waals surface area contributed by atoms with Crippen molar-refractivity contribution in [3.8, 4) is 0 Å². The molecule has 10 heavy (non-hydrogen) atoms. The summed E-state index contributed by atoms with van der Waals surface area (Å²) in [6.07, 6.45) is 1.50. The quantitative estimate of drug-likeness (QED) is 0.592. The van der Waals surface area contributed by atoms with Crippen LogP contribution in [0.1, 0.15) is 5.56 Å². The normalized spacial score (nSPS) is 9.80. The van der Waals surface area contributed by atoms with Crippen LogP contribution in [-0.2, 0) is 6.54 Å². The van der Waals surface area contributed by atoms with E-state index in [1.165, 1.54) is 6.20 Å². The number of hydrogen-bond donors (Lipinski definition) is 2. The molecule has 0 radical (unpaired) electrons. The van der Waals surface area contributed by atoms with Crippen LogP contribution in [0.4, 0.5) is 5.69 Å². The molecular weight excluding hydrogens is 150 g/mol. The minimum absolute atomic E-state index is 0.397. The molecule has 4 N–H and O–H groups in total. The average Bonchev–Trinajstić information content (AvgIpc) is 1.94. The van der Waals surface area contributed by atoms with Crippen LogP contribution in [0.15, 0.2) is 12.3 Å². The van der Waals surface area contributed by atoms with Crippen molar-refractivity contribution in [2.75, 3.05) is 5.73 Å². The Labute approximate surface area is 64.0 Å². The van der Waals surface area contributed by atoms with Crippen molar-refractivity contribution < 1.29 is 0 Å². The van der Waals surface area contributed by atoms with E-state index < -0.39 is 0 Å². The first-order valence-electron chi connectivity index (χ1n) is 2.84. The number of rotatable bonds is 1. The highest BCUT2D eigenvalue weighted by Crippen LogP contribution is 2.13. The monoisotopic (exact) mass is 157 g/mol. The smallest absolute Gasteiger partial charge is 0.129 e. The Hall–Kier alpha value is -0.800. The van der Waals surface area contributed by atoms with E-state index in [4.69, 9.17) is 23.1 Å². The maximum absolute atomic E-state index is 5.57. The first kappa shape index (κ1) is 7.31. The predicted molar refractivity (Wildman–Crippen MR) is 41.6 cm³/mol. The number of nitrogens with zero attached hydrogens (tertiary/aromatic N) is 1. The standard InChI is InChI=1S/C6H8ClN3/c7-6-1-4(2-8)5(9)3-10-6/h1,3H,2,8-9H2. The van der Waals surface area contributed by atoms with E-state index in [2.05, 4.69) is 4.98 Å². The number of aromatic nitrogens is 1. The Bertz CT molecular complexity index is 236. The zero-order valence-electron chi connectivity index (χ0n) is 5.34. The molecule has 0 unspecified atom stereocenters. The van der Waals surface area contributed by atoms with Gasteiger partial charge in [0.2, 0.25) is 0 Å². The lowest BCUT2D eigenvalue weighted by molar-refractivity contribution is 1.06. The van der Waals surface area contributed by atoms with Crippen LogP contribution in [-0.4, -0.2) is 4.98 Å². The van der Waals surface area contributed by atoms with Gasteiger partial charge in [0, 0.05) is 6.54 Å². The fourth-order valence-corrected chi connectivity index (χ4v) is 0.836. The second-order valence-electron chi connectivity index (χ2n) is 1.91. The second kappa shape index (κ2) is 2.86. The molecule has 0 saturated carbocycles. The summed E-state index contributed by atoms with van der Waals surface area (Å²) in [5.74, 6) is 0. The summed E-state index contributed by atoms with van der Waals surface area (Å²) in [5, 5.41) is 0.426. The van der Waals surface area contributed by atoms with Gasteiger partial charge in [-0.1, -0.05) is 11.6 Å². The Morgan fingerprint density at radius 1 is 1.60 bits per heavy atom. The van der Waals surface area contributed by atoms with Gasteiger partial charge >= 0.3 is 0 Å². The van der Waals surface area contributed by atoms with Crippen molar-refractivity contribution in [2.45, 2.75) is 6.54 Å². The third kappa shape index (κ3) is 1.37. The Morgan fingerprint density at radius 2 is 2.30 bits per heavy atom. The van der Waals surface area contributed by atoms with Crippen molar-refractivity contribution in [2.24, 2.45) is 5.73 Å². The molecule has 0 atom stereocenters. The molecule has 0 fully saturated rings. The van der Waals surface area contributed by atoms with Crippen LogP contribution in [0, 0.1) is 0 Å². The Balaban J connectivity index is 3.09. The van der Waals surface area contributed by atoms with Crippen molar-refractivity contribution in [3.63, 3.8) is 0 Å². The van der Waals surface area contributed by atoms with Crippen molar-refractivity contribution in [1.82, 2.24) is 4.98 Å². The lowest BCUT2D eigenvalue weighted by Gasteiger charge is -2.00. The molecule has 0 aromatic carbocycles. The molecule has 0 spiro atoms. The van der Waals surface area contributed by atoms with Crippen molar-refractivity contribution >= 4 is 17.3 Å². The van der Waals surface area contributed by atoms with Crippen LogP contribution >= 0.6 is 11.6 Å². The first-order valence-corrected chi connectivity index (χ1v) is 3.22. The van der Waals surface area contributed by atoms with Gasteiger partial charge in [0.25, 0.3) is 0 Å². The number of halogens is 1. The molecule has 0 aliphatic carbocycles. The van der Waals surface area contributed by atoms with E-state index in [0.717, 1.165) is 5.56 Å². The molecule has 4 heteroatoms. The van der Waals surface area contributed by atoms with Crippen LogP contribution in [0.25, 0.3) is 0 Å². The largest absolute Gasteiger partial charge is 0.397 e. The Kier molecular flexibility index (Phi) is 2.09. The van der Waals surface area contributed by atoms with Crippen LogP contribution in [0.2, 0.25) is 5.15 Å². The summed E-state index contributed by atoms with van der Waals surface area (Å²) in [6.45, 7) is 0.397. The lowest BCUT2D eigenvalue weighted by atomic mass is 10.2. The van der Waals surface area contributed by atoms with E-state index in [-0.39, 0.29) is 0 Å². The fourth-order valence-electron chi connectivity index (χ4n) is 0.655. The Morgan fingerprint density at radius 3 is 2.80 bits per heavy atom. The summed E-state index contributed by atoms with van der Waals surface area (Å²) in [4.78, 5) is 3.77. The molecule has 3 nitrogen and oxygen atoms in total. The molecule has 0 aliphatic rings. The lowest BCUT2D eigenvalue weighted by Crippen LogP contribution is -2.01. The summed E-state index contributed by atoms with van der Waals surface area (Å²) in [7, 11) is 0. The number of nitrogen functional groups attached to an aromatic ring is 1. The molecule has 1 rings (SSSR count). The van der Waals surface area contributed by atoms with Gasteiger partial charge in [-0.25, -0.2) is 4.98 Å². The van der Waals surface area contributed by atoms with E-state index in [9.17, 15) is 0 Å². The van der Waals surface area contributed by atoms with Crippen molar-refractivity contribution in [3.05, 3.63) is 23.0 Å². The highest BCUT2D eigenvalue weighted by molar-refractivity contribution is 6.29. The van der Waals surface area contributed by atoms with Crippen LogP contribution in [0.3, 0.4) is 0 Å². The van der Waals surface area contributed by atoms with Gasteiger partial charge in [-0.05, 0) is 11.6 Å². The van der Waals surface area contributed by atoms with E-state index in [1.54, 1.807) is 6.07 Å². The highest BCUT2D eigenvalue weighted by atomic mass is 35.5. The molecule has 0 amide bonds. The SMILES string of the molecule is NCc1cc(Cl)ncc1N. The van der Waals surface area contributed by atoms with Crippen molar-refractivity contribution in [1.29, 1.82) is 0 Å². The third-order valence-corrected chi connectivity index (χ3v) is 1.42. The summed E-state index contributed by atoms with van der Waals surface area (Å²) in [5.41, 5.74) is 12.3. The minimum Gasteiger partial charge on any atom is -0.397 e. The molecule has 54 valence electrons. The molecular formula is C6H8ClN3. The molecule has 1 heterocycles. The molecule has 1 aromatic heterocycles. The topological polar surface area (TPSA) is 64.9 Å². The van der Waals surface area contributed by atoms with Crippen LogP contribution < -0.4 is 11.5 Å². The minimum atomic E-state index is 0.397. The summed E-state index contributed by atoms with van der Waals surface area (Å²) < 4.78 is 0. The van der Waals surface area contributed by atoms with Gasteiger partial charge in [-0.3, -0.25) is 0 Å². The van der Waals surface area contributed by atoms with E-state index in [0.29, 0.717) is 17.4 Å². The number of nitrogens with two attached hydrogens (primary N) is 2. The fraction of sp³-hybridized carbons (Fsp3) is 0.167. The summed E-state index contributed by atoms with van der Waals surface area (Å²) >= 11 is 5.57. The van der Waals surface area contributed by atoms with Gasteiger partial charge in [-0.2, -0.15) is 0 Å². The number of hydrogen-bond acceptors (Lipinski definition) is 3. The zero-order chi connectivity index (χ0) is 7.56. The number of anilines is 1. The number of pyridine rings is 1. The van der Waals surface area contributed by atoms with Gasteiger partial charge in [-0.15, -0.1) is 0 Å². The van der Waals surface area contributed by atoms with Crippen LogP contribution in [0.5, 0.6) is 0 Å². The second-order valence-corrected chi connectivity index (χ2v) is 2.30. The highest BCUT2D eigenvalue weighted by Gasteiger charge is 1.96. The predicted octanol–water partition coefficient (Wildman–Crippen LogP) is 0.776.